The van der Waals surface area contributed by atoms with Crippen molar-refractivity contribution >= 4 is 23.6 Å². The largest absolute Gasteiger partial charge is 0.490 e. The highest BCUT2D eigenvalue weighted by Crippen LogP contribution is 2.07. The number of nitrogens with zero attached hydrogens (tertiary/aromatic N) is 5. The Morgan fingerprint density at radius 2 is 1.74 bits per heavy atom. The first kappa shape index (κ1) is 16.2. The van der Waals surface area contributed by atoms with Crippen LogP contribution in [0, 0.1) is 0 Å². The van der Waals surface area contributed by atoms with Crippen molar-refractivity contribution in [3.05, 3.63) is 23.8 Å². The third-order valence-corrected chi connectivity index (χ3v) is 3.05. The van der Waals surface area contributed by atoms with Crippen LogP contribution in [0.1, 0.15) is 6.92 Å². The van der Waals surface area contributed by atoms with E-state index in [0.29, 0.717) is 11.3 Å². The quantitative estimate of drug-likeness (QED) is 0.591. The van der Waals surface area contributed by atoms with Gasteiger partial charge in [-0.3, -0.25) is 19.4 Å². The van der Waals surface area contributed by atoms with Gasteiger partial charge in [0.25, 0.3) is 11.8 Å². The minimum Gasteiger partial charge on any atom is -0.490 e. The lowest BCUT2D eigenvalue weighted by atomic mass is 10.2. The van der Waals surface area contributed by atoms with Crippen molar-refractivity contribution in [1.82, 2.24) is 14.5 Å². The van der Waals surface area contributed by atoms with Gasteiger partial charge in [0, 0.05) is 20.3 Å². The molecule has 0 aromatic carbocycles. The fourth-order valence-corrected chi connectivity index (χ4v) is 1.82. The Kier molecular flexibility index (Phi) is 4.44. The van der Waals surface area contributed by atoms with Gasteiger partial charge in [-0.1, -0.05) is 0 Å². The minimum atomic E-state index is -0.875. The number of hydrogen-bond donors (Lipinski definition) is 1. The van der Waals surface area contributed by atoms with Gasteiger partial charge in [0.2, 0.25) is 11.2 Å². The summed E-state index contributed by atoms with van der Waals surface area (Å²) in [4.78, 5) is 37.1. The number of aromatic nitrogens is 1. The molecule has 23 heavy (non-hydrogen) atoms. The molecule has 1 aliphatic heterocycles. The maximum Gasteiger partial charge on any atom is 0.333 e. The Morgan fingerprint density at radius 1 is 1.13 bits per heavy atom. The van der Waals surface area contributed by atoms with Gasteiger partial charge >= 0.3 is 6.03 Å². The van der Waals surface area contributed by atoms with E-state index in [4.69, 9.17) is 4.74 Å². The van der Waals surface area contributed by atoms with E-state index in [1.807, 2.05) is 0 Å². The SMILES string of the molecule is CCOc1cccn(O)c1=NN=C1C(=O)N(C)C(=O)N(C)C1=O. The minimum absolute atomic E-state index is 0.0929. The molecule has 1 aromatic heterocycles. The number of carbonyl (C=O) groups is 3. The second-order valence-electron chi connectivity index (χ2n) is 4.53. The summed E-state index contributed by atoms with van der Waals surface area (Å²) in [5.74, 6) is -1.53. The van der Waals surface area contributed by atoms with Gasteiger partial charge < -0.3 is 9.94 Å². The Hall–Kier alpha value is -3.17. The van der Waals surface area contributed by atoms with Crippen LogP contribution < -0.4 is 10.2 Å². The lowest BCUT2D eigenvalue weighted by molar-refractivity contribution is -0.129. The second kappa shape index (κ2) is 6.30. The Labute approximate surface area is 130 Å². The second-order valence-corrected chi connectivity index (χ2v) is 4.53. The third-order valence-electron chi connectivity index (χ3n) is 3.05. The number of imide groups is 2. The van der Waals surface area contributed by atoms with Gasteiger partial charge in [0.15, 0.2) is 5.75 Å². The van der Waals surface area contributed by atoms with Crippen molar-refractivity contribution < 1.29 is 24.3 Å². The van der Waals surface area contributed by atoms with E-state index < -0.39 is 23.6 Å². The Morgan fingerprint density at radius 3 is 2.30 bits per heavy atom. The number of carbonyl (C=O) groups excluding carboxylic acids is 3. The molecule has 0 radical (unpaired) electrons. The normalized spacial score (nSPS) is 16.2. The molecule has 1 fully saturated rings. The average Bonchev–Trinajstić information content (AvgIpc) is 2.53. The fraction of sp³-hybridized carbons (Fsp3) is 0.308. The monoisotopic (exact) mass is 321 g/mol. The molecule has 1 aliphatic rings. The number of urea groups is 1. The molecule has 0 atom stereocenters. The van der Waals surface area contributed by atoms with E-state index in [0.717, 1.165) is 9.80 Å². The molecule has 0 unspecified atom stereocenters. The Balaban J connectivity index is 2.52. The number of barbiturate groups is 1. The lowest BCUT2D eigenvalue weighted by Gasteiger charge is -2.27. The van der Waals surface area contributed by atoms with Crippen LogP contribution in [-0.4, -0.2) is 64.0 Å². The zero-order valence-corrected chi connectivity index (χ0v) is 12.8. The highest BCUT2D eigenvalue weighted by atomic mass is 16.5. The zero-order valence-electron chi connectivity index (χ0n) is 12.8. The lowest BCUT2D eigenvalue weighted by Crippen LogP contribution is -2.57. The first-order chi connectivity index (χ1) is 10.9. The highest BCUT2D eigenvalue weighted by Gasteiger charge is 2.39. The average molecular weight is 321 g/mol. The molecular weight excluding hydrogens is 306 g/mol. The molecule has 1 aromatic rings. The topological polar surface area (TPSA) is 117 Å². The molecule has 10 nitrogen and oxygen atoms in total. The van der Waals surface area contributed by atoms with Crippen molar-refractivity contribution in [2.45, 2.75) is 6.92 Å². The molecular formula is C13H15N5O5. The first-order valence-electron chi connectivity index (χ1n) is 6.64. The summed E-state index contributed by atoms with van der Waals surface area (Å²) in [5, 5.41) is 17.1. The molecule has 122 valence electrons. The van der Waals surface area contributed by atoms with E-state index >= 15 is 0 Å². The molecule has 0 saturated carbocycles. The summed E-state index contributed by atoms with van der Waals surface area (Å²) < 4.78 is 5.93. The molecule has 1 N–H and O–H groups in total. The van der Waals surface area contributed by atoms with Crippen molar-refractivity contribution in [2.24, 2.45) is 10.2 Å². The number of ether oxygens (including phenoxy) is 1. The maximum atomic E-state index is 12.0. The van der Waals surface area contributed by atoms with Crippen molar-refractivity contribution in [2.75, 3.05) is 20.7 Å². The van der Waals surface area contributed by atoms with E-state index in [-0.39, 0.29) is 11.2 Å². The zero-order chi connectivity index (χ0) is 17.1. The predicted octanol–water partition coefficient (Wildman–Crippen LogP) is -0.569. The number of rotatable bonds is 3. The number of amides is 4. The molecule has 2 heterocycles. The van der Waals surface area contributed by atoms with Crippen molar-refractivity contribution in [3.8, 4) is 5.75 Å². The first-order valence-corrected chi connectivity index (χ1v) is 6.64. The number of pyridine rings is 1. The molecule has 0 bridgehead atoms. The summed E-state index contributed by atoms with van der Waals surface area (Å²) in [6.07, 6.45) is 1.29. The van der Waals surface area contributed by atoms with Gasteiger partial charge in [-0.15, -0.1) is 10.2 Å². The van der Waals surface area contributed by atoms with E-state index in [1.165, 1.54) is 26.4 Å². The smallest absolute Gasteiger partial charge is 0.333 e. The highest BCUT2D eigenvalue weighted by molar-refractivity contribution is 6.68. The van der Waals surface area contributed by atoms with Crippen LogP contribution in [-0.2, 0) is 9.59 Å². The van der Waals surface area contributed by atoms with Crippen LogP contribution in [0.25, 0.3) is 0 Å². The summed E-state index contributed by atoms with van der Waals surface area (Å²) >= 11 is 0. The maximum absolute atomic E-state index is 12.0. The molecule has 0 spiro atoms. The van der Waals surface area contributed by atoms with Gasteiger partial charge in [0.05, 0.1) is 6.61 Å². The summed E-state index contributed by atoms with van der Waals surface area (Å²) in [6, 6.07) is 2.31. The standard InChI is InChI=1S/C13H15N5O5/c1-4-23-8-6-5-7-18(22)10(8)15-14-9-11(19)16(2)13(21)17(3)12(9)20/h5-7,22H,4H2,1-3H3. The van der Waals surface area contributed by atoms with Crippen LogP contribution in [0.3, 0.4) is 0 Å². The van der Waals surface area contributed by atoms with Crippen molar-refractivity contribution in [1.29, 1.82) is 0 Å². The van der Waals surface area contributed by atoms with Crippen LogP contribution in [0.5, 0.6) is 5.75 Å². The van der Waals surface area contributed by atoms with Crippen LogP contribution in [0.2, 0.25) is 0 Å². The molecule has 0 aliphatic carbocycles. The molecule has 10 heteroatoms. The van der Waals surface area contributed by atoms with Crippen LogP contribution in [0.4, 0.5) is 4.79 Å². The number of hydrogen-bond acceptors (Lipinski definition) is 7. The fourth-order valence-electron chi connectivity index (χ4n) is 1.82. The van der Waals surface area contributed by atoms with Gasteiger partial charge in [0.1, 0.15) is 0 Å². The van der Waals surface area contributed by atoms with E-state index in [1.54, 1.807) is 13.0 Å². The van der Waals surface area contributed by atoms with E-state index in [9.17, 15) is 19.6 Å². The summed E-state index contributed by atoms with van der Waals surface area (Å²) in [7, 11) is 2.45. The third kappa shape index (κ3) is 2.91. The van der Waals surface area contributed by atoms with E-state index in [2.05, 4.69) is 10.2 Å². The molecule has 1 saturated heterocycles. The summed E-state index contributed by atoms with van der Waals surface area (Å²) in [5.41, 5.74) is -0.634. The molecule has 4 amide bonds. The predicted molar refractivity (Wildman–Crippen MR) is 76.7 cm³/mol. The van der Waals surface area contributed by atoms with Crippen LogP contribution in [0.15, 0.2) is 28.5 Å². The Bertz CT molecular complexity index is 740. The van der Waals surface area contributed by atoms with Crippen LogP contribution >= 0.6 is 0 Å². The van der Waals surface area contributed by atoms with Gasteiger partial charge in [-0.25, -0.2) is 4.79 Å². The van der Waals surface area contributed by atoms with Gasteiger partial charge in [-0.2, -0.15) is 4.73 Å². The van der Waals surface area contributed by atoms with Crippen molar-refractivity contribution in [3.63, 3.8) is 0 Å². The summed E-state index contributed by atoms with van der Waals surface area (Å²) in [6.45, 7) is 2.06. The molecule has 2 rings (SSSR count). The van der Waals surface area contributed by atoms with Gasteiger partial charge in [-0.05, 0) is 19.1 Å².